The van der Waals surface area contributed by atoms with Crippen LogP contribution in [-0.4, -0.2) is 24.8 Å². The normalized spacial score (nSPS) is 11.0. The number of hydrogen-bond donors (Lipinski definition) is 1. The predicted octanol–water partition coefficient (Wildman–Crippen LogP) is 0.630. The second-order valence-electron chi connectivity index (χ2n) is 4.02. The molecule has 0 spiro atoms. The Hall–Kier alpha value is -1.69. The van der Waals surface area contributed by atoms with Gasteiger partial charge in [0.15, 0.2) is 0 Å². The summed E-state index contributed by atoms with van der Waals surface area (Å²) in [6, 6.07) is 0. The van der Waals surface area contributed by atoms with Gasteiger partial charge in [-0.15, -0.1) is 0 Å². The van der Waals surface area contributed by atoms with Crippen molar-refractivity contribution in [2.24, 2.45) is 7.05 Å². The average Bonchev–Trinajstić information content (AvgIpc) is 2.86. The monoisotopic (exact) mass is 234 g/mol. The van der Waals surface area contributed by atoms with Gasteiger partial charge in [-0.2, -0.15) is 20.1 Å². The maximum Gasteiger partial charge on any atom is 0.0964 e. The highest BCUT2D eigenvalue weighted by Gasteiger charge is 2.04. The topological polar surface area (TPSA) is 60.6 Å². The Morgan fingerprint density at radius 3 is 2.71 bits per heavy atom. The van der Waals surface area contributed by atoms with Crippen LogP contribution in [0, 0.1) is 6.92 Å². The molecule has 0 saturated carbocycles. The maximum absolute atomic E-state index is 4.40. The van der Waals surface area contributed by atoms with E-state index in [1.807, 2.05) is 18.7 Å². The van der Waals surface area contributed by atoms with Gasteiger partial charge < -0.3 is 5.32 Å². The fourth-order valence-corrected chi connectivity index (χ4v) is 1.69. The summed E-state index contributed by atoms with van der Waals surface area (Å²) in [6.45, 7) is 6.56. The van der Waals surface area contributed by atoms with Gasteiger partial charge in [0.25, 0.3) is 0 Å². The van der Waals surface area contributed by atoms with Gasteiger partial charge in [-0.05, 0) is 13.8 Å². The summed E-state index contributed by atoms with van der Waals surface area (Å²) in [4.78, 5) is 1.57. The molecule has 0 radical (unpaired) electrons. The van der Waals surface area contributed by atoms with E-state index >= 15 is 0 Å². The van der Waals surface area contributed by atoms with Crippen LogP contribution in [0.5, 0.6) is 0 Å². The average molecular weight is 234 g/mol. The van der Waals surface area contributed by atoms with Gasteiger partial charge in [0, 0.05) is 38.4 Å². The van der Waals surface area contributed by atoms with Crippen molar-refractivity contribution in [3.05, 3.63) is 29.3 Å². The zero-order valence-electron chi connectivity index (χ0n) is 10.5. The molecule has 2 heterocycles. The van der Waals surface area contributed by atoms with E-state index in [4.69, 9.17) is 0 Å². The van der Waals surface area contributed by atoms with Gasteiger partial charge in [-0.1, -0.05) is 0 Å². The fourth-order valence-electron chi connectivity index (χ4n) is 1.69. The molecule has 1 N–H and O–H groups in total. The highest BCUT2D eigenvalue weighted by Crippen LogP contribution is 2.05. The Kier molecular flexibility index (Phi) is 3.53. The van der Waals surface area contributed by atoms with Crippen molar-refractivity contribution < 1.29 is 0 Å². The Morgan fingerprint density at radius 2 is 2.12 bits per heavy atom. The van der Waals surface area contributed by atoms with E-state index in [0.29, 0.717) is 0 Å². The standard InChI is InChI=1S/C11H18N6/c1-4-17-8-10(9(2)14-17)5-12-6-11-7-13-16(3)15-11/h7-8,12H,4-6H2,1-3H3. The van der Waals surface area contributed by atoms with Gasteiger partial charge in [0.1, 0.15) is 0 Å². The van der Waals surface area contributed by atoms with Gasteiger partial charge >= 0.3 is 0 Å². The molecule has 0 amide bonds. The van der Waals surface area contributed by atoms with Crippen LogP contribution < -0.4 is 5.32 Å². The fraction of sp³-hybridized carbons (Fsp3) is 0.545. The first-order valence-electron chi connectivity index (χ1n) is 5.78. The number of nitrogens with one attached hydrogen (secondary N) is 1. The van der Waals surface area contributed by atoms with Crippen LogP contribution in [0.1, 0.15) is 23.9 Å². The SMILES string of the molecule is CCn1cc(CNCc2cnn(C)n2)c(C)n1. The minimum Gasteiger partial charge on any atom is -0.307 e. The molecule has 0 fully saturated rings. The Balaban J connectivity index is 1.87. The predicted molar refractivity (Wildman–Crippen MR) is 64.2 cm³/mol. The number of rotatable bonds is 5. The molecule has 0 aliphatic carbocycles. The summed E-state index contributed by atoms with van der Waals surface area (Å²) < 4.78 is 1.95. The lowest BCUT2D eigenvalue weighted by Crippen LogP contribution is -2.13. The number of aryl methyl sites for hydroxylation is 3. The first kappa shape index (κ1) is 11.8. The van der Waals surface area contributed by atoms with Crippen LogP contribution in [-0.2, 0) is 26.7 Å². The maximum atomic E-state index is 4.40. The number of nitrogens with zero attached hydrogens (tertiary/aromatic N) is 5. The molecule has 0 aromatic carbocycles. The van der Waals surface area contributed by atoms with Crippen LogP contribution >= 0.6 is 0 Å². The summed E-state index contributed by atoms with van der Waals surface area (Å²) in [5, 5.41) is 16.0. The van der Waals surface area contributed by atoms with E-state index in [-0.39, 0.29) is 0 Å². The van der Waals surface area contributed by atoms with E-state index < -0.39 is 0 Å². The van der Waals surface area contributed by atoms with Crippen LogP contribution in [0.25, 0.3) is 0 Å². The third-order valence-corrected chi connectivity index (χ3v) is 2.64. The molecule has 92 valence electrons. The molecule has 0 aliphatic heterocycles. The van der Waals surface area contributed by atoms with Crippen LogP contribution in [0.4, 0.5) is 0 Å². The molecule has 6 nitrogen and oxygen atoms in total. The molecule has 0 aliphatic rings. The van der Waals surface area contributed by atoms with E-state index in [0.717, 1.165) is 31.0 Å². The van der Waals surface area contributed by atoms with E-state index in [9.17, 15) is 0 Å². The number of hydrogen-bond acceptors (Lipinski definition) is 4. The summed E-state index contributed by atoms with van der Waals surface area (Å²) in [6.07, 6.45) is 3.86. The molecular formula is C11H18N6. The molecule has 2 aromatic rings. The Bertz CT molecular complexity index is 484. The van der Waals surface area contributed by atoms with Crippen molar-refractivity contribution >= 4 is 0 Å². The van der Waals surface area contributed by atoms with Crippen LogP contribution in [0.15, 0.2) is 12.4 Å². The zero-order valence-corrected chi connectivity index (χ0v) is 10.5. The molecule has 0 atom stereocenters. The Labute approximate surface area is 101 Å². The van der Waals surface area contributed by atoms with Crippen molar-refractivity contribution in [2.75, 3.05) is 0 Å². The zero-order chi connectivity index (χ0) is 12.3. The molecule has 2 aromatic heterocycles. The lowest BCUT2D eigenvalue weighted by atomic mass is 10.2. The van der Waals surface area contributed by atoms with Crippen LogP contribution in [0.3, 0.4) is 0 Å². The lowest BCUT2D eigenvalue weighted by molar-refractivity contribution is 0.622. The van der Waals surface area contributed by atoms with E-state index in [1.165, 1.54) is 5.56 Å². The van der Waals surface area contributed by atoms with Gasteiger partial charge in [-0.25, -0.2) is 0 Å². The molecule has 0 bridgehead atoms. The molecule has 0 saturated heterocycles. The second-order valence-corrected chi connectivity index (χ2v) is 4.02. The summed E-state index contributed by atoms with van der Waals surface area (Å²) >= 11 is 0. The lowest BCUT2D eigenvalue weighted by Gasteiger charge is -2.00. The minimum absolute atomic E-state index is 0.727. The Morgan fingerprint density at radius 1 is 1.29 bits per heavy atom. The first-order chi connectivity index (χ1) is 8.19. The van der Waals surface area contributed by atoms with E-state index in [1.54, 1.807) is 11.0 Å². The molecular weight excluding hydrogens is 216 g/mol. The van der Waals surface area contributed by atoms with Gasteiger partial charge in [-0.3, -0.25) is 4.68 Å². The summed E-state index contributed by atoms with van der Waals surface area (Å²) in [5.74, 6) is 0. The largest absolute Gasteiger partial charge is 0.307 e. The highest BCUT2D eigenvalue weighted by molar-refractivity contribution is 5.15. The third-order valence-electron chi connectivity index (χ3n) is 2.64. The molecule has 17 heavy (non-hydrogen) atoms. The summed E-state index contributed by atoms with van der Waals surface area (Å²) in [5.41, 5.74) is 3.27. The van der Waals surface area contributed by atoms with Crippen molar-refractivity contribution in [1.82, 2.24) is 30.1 Å². The van der Waals surface area contributed by atoms with Crippen molar-refractivity contribution in [1.29, 1.82) is 0 Å². The van der Waals surface area contributed by atoms with Gasteiger partial charge in [0.05, 0.1) is 17.6 Å². The minimum atomic E-state index is 0.727. The molecule has 0 unspecified atom stereocenters. The smallest absolute Gasteiger partial charge is 0.0964 e. The van der Waals surface area contributed by atoms with E-state index in [2.05, 4.69) is 33.7 Å². The van der Waals surface area contributed by atoms with Crippen molar-refractivity contribution in [3.8, 4) is 0 Å². The van der Waals surface area contributed by atoms with Gasteiger partial charge in [0.2, 0.25) is 0 Å². The van der Waals surface area contributed by atoms with Crippen molar-refractivity contribution in [3.63, 3.8) is 0 Å². The van der Waals surface area contributed by atoms with Crippen LogP contribution in [0.2, 0.25) is 0 Å². The molecule has 6 heteroatoms. The number of aromatic nitrogens is 5. The third kappa shape index (κ3) is 2.91. The highest BCUT2D eigenvalue weighted by atomic mass is 15.4. The quantitative estimate of drug-likeness (QED) is 0.824. The first-order valence-corrected chi connectivity index (χ1v) is 5.78. The van der Waals surface area contributed by atoms with Crippen molar-refractivity contribution in [2.45, 2.75) is 33.5 Å². The second kappa shape index (κ2) is 5.09. The molecule has 2 rings (SSSR count). The summed E-state index contributed by atoms with van der Waals surface area (Å²) in [7, 11) is 1.82.